The normalized spacial score (nSPS) is 16.1. The van der Waals surface area contributed by atoms with Crippen LogP contribution in [-0.4, -0.2) is 35.4 Å². The van der Waals surface area contributed by atoms with E-state index < -0.39 is 6.10 Å². The number of carbonyl (C=O) groups excluding carboxylic acids is 1. The van der Waals surface area contributed by atoms with Crippen molar-refractivity contribution < 1.29 is 19.7 Å². The van der Waals surface area contributed by atoms with Gasteiger partial charge in [0.25, 0.3) is 5.91 Å². The third kappa shape index (κ3) is 3.63. The van der Waals surface area contributed by atoms with Crippen molar-refractivity contribution in [1.29, 1.82) is 0 Å². The lowest BCUT2D eigenvalue weighted by molar-refractivity contribution is -0.123. The van der Waals surface area contributed by atoms with Crippen LogP contribution >= 0.6 is 0 Å². The third-order valence-electron chi connectivity index (χ3n) is 2.90. The number of amides is 1. The number of carbonyl (C=O) groups is 1. The van der Waals surface area contributed by atoms with E-state index in [-0.39, 0.29) is 30.6 Å². The number of nitrogens with one attached hydrogen (secondary N) is 1. The van der Waals surface area contributed by atoms with E-state index in [4.69, 9.17) is 4.74 Å². The van der Waals surface area contributed by atoms with Crippen molar-refractivity contribution in [2.24, 2.45) is 5.92 Å². The summed E-state index contributed by atoms with van der Waals surface area (Å²) in [5, 5.41) is 21.6. The van der Waals surface area contributed by atoms with Crippen LogP contribution in [0.5, 0.6) is 11.5 Å². The van der Waals surface area contributed by atoms with Gasteiger partial charge in [0.1, 0.15) is 0 Å². The average molecular weight is 251 g/mol. The molecule has 0 heterocycles. The van der Waals surface area contributed by atoms with Crippen molar-refractivity contribution in [3.05, 3.63) is 24.3 Å². The minimum Gasteiger partial charge on any atom is -0.504 e. The molecule has 0 aliphatic heterocycles. The molecule has 18 heavy (non-hydrogen) atoms. The molecule has 1 aromatic rings. The van der Waals surface area contributed by atoms with Gasteiger partial charge in [-0.2, -0.15) is 0 Å². The number of rotatable bonds is 6. The number of aliphatic hydroxyl groups excluding tert-OH is 1. The first-order chi connectivity index (χ1) is 8.66. The van der Waals surface area contributed by atoms with Gasteiger partial charge in [0.05, 0.1) is 6.10 Å². The van der Waals surface area contributed by atoms with Gasteiger partial charge in [0, 0.05) is 6.54 Å². The summed E-state index contributed by atoms with van der Waals surface area (Å²) in [6.07, 6.45) is 1.61. The second kappa shape index (κ2) is 5.73. The van der Waals surface area contributed by atoms with E-state index in [2.05, 4.69) is 5.32 Å². The van der Waals surface area contributed by atoms with E-state index in [0.717, 1.165) is 12.8 Å². The fraction of sp³-hybridized carbons (Fsp3) is 0.462. The van der Waals surface area contributed by atoms with Gasteiger partial charge in [-0.25, -0.2) is 0 Å². The molecular weight excluding hydrogens is 234 g/mol. The highest BCUT2D eigenvalue weighted by Crippen LogP contribution is 2.32. The van der Waals surface area contributed by atoms with Crippen LogP contribution in [0.2, 0.25) is 0 Å². The van der Waals surface area contributed by atoms with Crippen molar-refractivity contribution in [1.82, 2.24) is 5.32 Å². The average Bonchev–Trinajstić information content (AvgIpc) is 3.19. The van der Waals surface area contributed by atoms with Gasteiger partial charge in [0.2, 0.25) is 0 Å². The summed E-state index contributed by atoms with van der Waals surface area (Å²) in [6.45, 7) is 0.0859. The van der Waals surface area contributed by atoms with Crippen molar-refractivity contribution in [2.75, 3.05) is 13.2 Å². The van der Waals surface area contributed by atoms with E-state index in [0.29, 0.717) is 5.92 Å². The highest BCUT2D eigenvalue weighted by atomic mass is 16.5. The molecule has 0 spiro atoms. The molecule has 5 heteroatoms. The Morgan fingerprint density at radius 2 is 2.17 bits per heavy atom. The Kier molecular flexibility index (Phi) is 4.04. The van der Waals surface area contributed by atoms with Crippen LogP contribution in [0.4, 0.5) is 0 Å². The summed E-state index contributed by atoms with van der Waals surface area (Å²) in [6, 6.07) is 6.46. The lowest BCUT2D eigenvalue weighted by atomic mass is 10.2. The molecule has 0 radical (unpaired) electrons. The van der Waals surface area contributed by atoms with Gasteiger partial charge < -0.3 is 20.3 Å². The smallest absolute Gasteiger partial charge is 0.258 e. The zero-order chi connectivity index (χ0) is 13.0. The second-order valence-electron chi connectivity index (χ2n) is 4.47. The Balaban J connectivity index is 1.69. The van der Waals surface area contributed by atoms with E-state index in [1.54, 1.807) is 18.2 Å². The first-order valence-electron chi connectivity index (χ1n) is 6.02. The summed E-state index contributed by atoms with van der Waals surface area (Å²) < 4.78 is 5.16. The number of phenols is 1. The molecule has 1 saturated carbocycles. The summed E-state index contributed by atoms with van der Waals surface area (Å²) in [7, 11) is 0. The van der Waals surface area contributed by atoms with Crippen molar-refractivity contribution >= 4 is 5.91 Å². The zero-order valence-corrected chi connectivity index (χ0v) is 10.0. The number of ether oxygens (including phenoxy) is 1. The number of benzene rings is 1. The van der Waals surface area contributed by atoms with Crippen LogP contribution in [0, 0.1) is 5.92 Å². The SMILES string of the molecule is O=C(COc1ccccc1O)NCC(O)C1CC1. The minimum absolute atomic E-state index is 0.00307. The number of hydrogen-bond acceptors (Lipinski definition) is 4. The predicted molar refractivity (Wildman–Crippen MR) is 65.3 cm³/mol. The van der Waals surface area contributed by atoms with Gasteiger partial charge in [0.15, 0.2) is 18.1 Å². The van der Waals surface area contributed by atoms with Gasteiger partial charge >= 0.3 is 0 Å². The minimum atomic E-state index is -0.459. The molecule has 1 unspecified atom stereocenters. The van der Waals surface area contributed by atoms with Crippen LogP contribution in [0.15, 0.2) is 24.3 Å². The maximum Gasteiger partial charge on any atom is 0.258 e. The molecule has 5 nitrogen and oxygen atoms in total. The van der Waals surface area contributed by atoms with Crippen LogP contribution in [0.25, 0.3) is 0 Å². The van der Waals surface area contributed by atoms with Gasteiger partial charge in [-0.05, 0) is 30.9 Å². The third-order valence-corrected chi connectivity index (χ3v) is 2.90. The molecule has 0 saturated heterocycles. The zero-order valence-electron chi connectivity index (χ0n) is 10.0. The number of para-hydroxylation sites is 2. The maximum absolute atomic E-state index is 11.4. The topological polar surface area (TPSA) is 78.8 Å². The Morgan fingerprint density at radius 1 is 1.44 bits per heavy atom. The highest BCUT2D eigenvalue weighted by Gasteiger charge is 2.29. The number of hydrogen-bond donors (Lipinski definition) is 3. The molecular formula is C13H17NO4. The molecule has 0 aromatic heterocycles. The molecule has 0 bridgehead atoms. The molecule has 1 amide bonds. The number of aliphatic hydroxyl groups is 1. The molecule has 1 aliphatic rings. The largest absolute Gasteiger partial charge is 0.504 e. The van der Waals surface area contributed by atoms with Crippen LogP contribution in [0.1, 0.15) is 12.8 Å². The summed E-state index contributed by atoms with van der Waals surface area (Å²) >= 11 is 0. The summed E-state index contributed by atoms with van der Waals surface area (Å²) in [5.74, 6) is 0.307. The quantitative estimate of drug-likeness (QED) is 0.694. The van der Waals surface area contributed by atoms with E-state index in [1.165, 1.54) is 6.07 Å². The number of phenolic OH excluding ortho intramolecular Hbond substituents is 1. The standard InChI is InChI=1S/C13H17NO4/c15-10-3-1-2-4-12(10)18-8-13(17)14-7-11(16)9-5-6-9/h1-4,9,11,15-16H,5-8H2,(H,14,17). The lowest BCUT2D eigenvalue weighted by Gasteiger charge is -2.11. The monoisotopic (exact) mass is 251 g/mol. The van der Waals surface area contributed by atoms with Crippen molar-refractivity contribution in [3.63, 3.8) is 0 Å². The second-order valence-corrected chi connectivity index (χ2v) is 4.47. The highest BCUT2D eigenvalue weighted by molar-refractivity contribution is 5.77. The van der Waals surface area contributed by atoms with E-state index >= 15 is 0 Å². The van der Waals surface area contributed by atoms with Gasteiger partial charge in [-0.15, -0.1) is 0 Å². The molecule has 98 valence electrons. The van der Waals surface area contributed by atoms with Gasteiger partial charge in [-0.3, -0.25) is 4.79 Å². The number of aromatic hydroxyl groups is 1. The molecule has 1 aromatic carbocycles. The van der Waals surface area contributed by atoms with Gasteiger partial charge in [-0.1, -0.05) is 12.1 Å². The first kappa shape index (κ1) is 12.7. The van der Waals surface area contributed by atoms with Crippen LogP contribution in [0.3, 0.4) is 0 Å². The molecule has 3 N–H and O–H groups in total. The van der Waals surface area contributed by atoms with E-state index in [1.807, 2.05) is 0 Å². The van der Waals surface area contributed by atoms with Crippen molar-refractivity contribution in [2.45, 2.75) is 18.9 Å². The Bertz CT molecular complexity index is 417. The fourth-order valence-corrected chi connectivity index (χ4v) is 1.64. The van der Waals surface area contributed by atoms with E-state index in [9.17, 15) is 15.0 Å². The lowest BCUT2D eigenvalue weighted by Crippen LogP contribution is -2.36. The Morgan fingerprint density at radius 3 is 2.83 bits per heavy atom. The maximum atomic E-state index is 11.4. The Labute approximate surface area is 105 Å². The summed E-state index contributed by atoms with van der Waals surface area (Å²) in [5.41, 5.74) is 0. The predicted octanol–water partition coefficient (Wildman–Crippen LogP) is 0.658. The molecule has 1 atom stereocenters. The van der Waals surface area contributed by atoms with Crippen LogP contribution < -0.4 is 10.1 Å². The molecule has 2 rings (SSSR count). The van der Waals surface area contributed by atoms with Crippen LogP contribution in [-0.2, 0) is 4.79 Å². The Hall–Kier alpha value is -1.75. The first-order valence-corrected chi connectivity index (χ1v) is 6.02. The fourth-order valence-electron chi connectivity index (χ4n) is 1.64. The van der Waals surface area contributed by atoms with Crippen molar-refractivity contribution in [3.8, 4) is 11.5 Å². The summed E-state index contributed by atoms with van der Waals surface area (Å²) in [4.78, 5) is 11.4. The molecule has 1 fully saturated rings. The molecule has 1 aliphatic carbocycles.